The lowest BCUT2D eigenvalue weighted by Gasteiger charge is -2.34. The number of thioether (sulfide) groups is 2. The summed E-state index contributed by atoms with van der Waals surface area (Å²) in [7, 11) is -2.94. The third-order valence-corrected chi connectivity index (χ3v) is 24.5. The molecule has 6 aliphatic rings. The summed E-state index contributed by atoms with van der Waals surface area (Å²) in [6.07, 6.45) is 3.03. The Morgan fingerprint density at radius 2 is 0.983 bits per heavy atom. The van der Waals surface area contributed by atoms with Gasteiger partial charge in [0.15, 0.2) is 12.4 Å². The standard InChI is InChI=1S/C80H98N14O19P2S2/c1-51(2)107-49-65-63(43-73(109-65)93-45-55(77(99)85-79(93)101)25-27-69(95)81-31-37-87(5)39-33-83-71(97)47-91-61-21-13-15-23-67(61)116-75(91)41-53-29-35-89(7)59-19-11-9-17-57(53)59)112-114(103,104)108-50-66-64(113-115(105,106)111-52(3)4)44-74(110-66)94-46-56(78(100)86-80(94)102)26-28-70(96)82-32-38-88(6)40-34-84-72(98)48-92-62-22-14-16-24-68(62)117-76(92)42-54-30-36-90(8)60-20-12-10-18-58(54)60/h9-30,35-36,41-42,51-52,55-56,63-66,73-74H,31-34,37-40,43-50H2,1-8H3,(H6-2,81,82,83,84,85,86,95,96,97,98,99,100,101,102,103,104,105,106)/b27-25+,28-26+. The van der Waals surface area contributed by atoms with Crippen LogP contribution in [0.1, 0.15) is 51.7 Å². The van der Waals surface area contributed by atoms with Crippen LogP contribution in [0.4, 0.5) is 21.0 Å². The van der Waals surface area contributed by atoms with Crippen LogP contribution in [0.5, 0.6) is 0 Å². The molecule has 6 N–H and O–H groups in total. The first-order chi connectivity index (χ1) is 56.0. The average Bonchev–Trinajstić information content (AvgIpc) is 1.69. The number of nitrogens with one attached hydrogen (secondary N) is 6. The van der Waals surface area contributed by atoms with Gasteiger partial charge in [-0.1, -0.05) is 84.2 Å². The number of amides is 10. The Hall–Kier alpha value is -9.26. The van der Waals surface area contributed by atoms with Crippen LogP contribution in [0.3, 0.4) is 0 Å². The van der Waals surface area contributed by atoms with Crippen LogP contribution in [-0.2, 0) is 84.3 Å². The van der Waals surface area contributed by atoms with Crippen LogP contribution in [0.15, 0.2) is 166 Å². The van der Waals surface area contributed by atoms with E-state index in [-0.39, 0.29) is 70.2 Å². The third-order valence-electron chi connectivity index (χ3n) is 20.1. The summed E-state index contributed by atoms with van der Waals surface area (Å²) in [4.78, 5) is 146. The van der Waals surface area contributed by atoms with Crippen molar-refractivity contribution in [1.82, 2.24) is 51.5 Å². The number of pyridine rings is 2. The molecule has 33 nitrogen and oxygen atoms in total. The highest BCUT2D eigenvalue weighted by Gasteiger charge is 2.48. The first-order valence-corrected chi connectivity index (χ1v) is 43.1. The van der Waals surface area contributed by atoms with Crippen LogP contribution >= 0.6 is 39.2 Å². The molecule has 4 saturated heterocycles. The molecule has 10 atom stereocenters. The van der Waals surface area contributed by atoms with Crippen molar-refractivity contribution in [2.45, 2.75) is 99.4 Å². The number of rotatable bonds is 36. The molecular weight excluding hydrogens is 1590 g/mol. The maximum atomic E-state index is 13.9. The van der Waals surface area contributed by atoms with Crippen LogP contribution < -0.4 is 60.6 Å². The molecule has 37 heteroatoms. The van der Waals surface area contributed by atoms with Gasteiger partial charge in [0.25, 0.3) is 15.6 Å². The molecule has 12 rings (SSSR count). The van der Waals surface area contributed by atoms with Gasteiger partial charge in [-0.05, 0) is 114 Å². The number of hydrogen-bond donors (Lipinski definition) is 6. The largest absolute Gasteiger partial charge is 0.756 e. The lowest BCUT2D eigenvalue weighted by Crippen LogP contribution is -2.57. The molecule has 0 aliphatic carbocycles. The first kappa shape index (κ1) is 87.1. The minimum Gasteiger partial charge on any atom is -0.756 e. The Labute approximate surface area is 686 Å². The van der Waals surface area contributed by atoms with E-state index < -0.39 is 119 Å². The molecule has 6 aromatic rings. The number of benzene rings is 4. The number of imide groups is 2. The quantitative estimate of drug-likeness (QED) is 0.0176. The number of urea groups is 2. The maximum Gasteiger partial charge on any atom is 0.326 e. The Morgan fingerprint density at radius 3 is 1.43 bits per heavy atom. The van der Waals surface area contributed by atoms with Gasteiger partial charge in [0.2, 0.25) is 46.5 Å². The summed E-state index contributed by atoms with van der Waals surface area (Å²) in [5, 5.41) is 20.1. The Bertz CT molecular complexity index is 4920. The smallest absolute Gasteiger partial charge is 0.326 e. The average molecular weight is 1690 g/mol. The van der Waals surface area contributed by atoms with Gasteiger partial charge in [-0.15, -0.1) is 0 Å². The summed E-state index contributed by atoms with van der Waals surface area (Å²) < 4.78 is 70.9. The van der Waals surface area contributed by atoms with Gasteiger partial charge in [-0.25, -0.2) is 18.7 Å². The van der Waals surface area contributed by atoms with Crippen molar-refractivity contribution >= 4 is 132 Å². The topological polar surface area (TPSA) is 381 Å². The second kappa shape index (κ2) is 39.5. The zero-order chi connectivity index (χ0) is 83.2. The van der Waals surface area contributed by atoms with E-state index in [1.54, 1.807) is 37.4 Å². The molecule has 624 valence electrons. The number of phosphoric acid groups is 2. The fraction of sp³-hybridized carbons (Fsp3) is 0.425. The van der Waals surface area contributed by atoms with Gasteiger partial charge in [0.05, 0.1) is 81.7 Å². The van der Waals surface area contributed by atoms with Crippen molar-refractivity contribution in [2.75, 3.05) is 116 Å². The number of phosphoric ester groups is 2. The Morgan fingerprint density at radius 1 is 0.573 bits per heavy atom. The van der Waals surface area contributed by atoms with Gasteiger partial charge in [0.1, 0.15) is 51.8 Å². The van der Waals surface area contributed by atoms with Crippen molar-refractivity contribution in [3.05, 3.63) is 167 Å². The normalized spacial score (nSPS) is 22.6. The minimum atomic E-state index is -5.47. The SMILES string of the molecule is CC(C)OCC1OC(N2CC(/C=C/C(=O)NCCN(C)CCNC(=O)CN3/C(=C/c4cc[n+](C)c5ccccc45)Sc4ccccc43)C(=O)NC2=O)CC1OP(=O)([O-])OCC1OC(N2CC(/C=C/C(=O)NCCN(C)CCNC(=O)CN3/C(=C/c4cc[n+](C)c5ccccc45)Sc4ccccc43)C(=O)NC2=O)CC1OP(=O)([O-])OC(C)C. The zero-order valence-electron chi connectivity index (χ0n) is 66.1. The second-order valence-electron chi connectivity index (χ2n) is 29.5. The van der Waals surface area contributed by atoms with Crippen LogP contribution in [-0.4, -0.2) is 222 Å². The Balaban J connectivity index is 0.585. The number of carbonyl (C=O) groups excluding carboxylic acids is 8. The highest BCUT2D eigenvalue weighted by Crippen LogP contribution is 2.50. The molecular formula is C80H98N14O19P2S2. The number of aromatic nitrogens is 2. The summed E-state index contributed by atoms with van der Waals surface area (Å²) in [6.45, 7) is 7.48. The highest BCUT2D eigenvalue weighted by atomic mass is 32.2. The molecule has 6 aliphatic heterocycles. The second-order valence-corrected chi connectivity index (χ2v) is 34.3. The summed E-state index contributed by atoms with van der Waals surface area (Å²) >= 11 is 3.21. The number of nitrogens with zero attached hydrogens (tertiary/aromatic N) is 8. The van der Waals surface area contributed by atoms with Crippen molar-refractivity contribution < 1.29 is 98.7 Å². The first-order valence-electron chi connectivity index (χ1n) is 38.6. The lowest BCUT2D eigenvalue weighted by atomic mass is 10.0. The van der Waals surface area contributed by atoms with E-state index >= 15 is 0 Å². The van der Waals surface area contributed by atoms with E-state index in [9.17, 15) is 57.3 Å². The molecule has 10 amide bonds. The van der Waals surface area contributed by atoms with Gasteiger partial charge in [-0.2, -0.15) is 0 Å². The lowest BCUT2D eigenvalue weighted by molar-refractivity contribution is -0.645. The fourth-order valence-electron chi connectivity index (χ4n) is 14.1. The number of anilines is 2. The van der Waals surface area contributed by atoms with E-state index in [0.29, 0.717) is 39.3 Å². The summed E-state index contributed by atoms with van der Waals surface area (Å²) in [5.74, 6) is -5.07. The summed E-state index contributed by atoms with van der Waals surface area (Å²) in [5.41, 5.74) is 6.10. The van der Waals surface area contributed by atoms with Crippen molar-refractivity contribution in [3.8, 4) is 0 Å². The molecule has 4 aromatic carbocycles. The van der Waals surface area contributed by atoms with Gasteiger partial charge < -0.3 is 83.0 Å². The van der Waals surface area contributed by atoms with Crippen LogP contribution in [0.25, 0.3) is 34.0 Å². The van der Waals surface area contributed by atoms with E-state index in [2.05, 4.69) is 89.6 Å². The molecule has 0 saturated carbocycles. The zero-order valence-corrected chi connectivity index (χ0v) is 69.6. The van der Waals surface area contributed by atoms with Crippen molar-refractivity contribution in [1.29, 1.82) is 0 Å². The predicted molar refractivity (Wildman–Crippen MR) is 433 cm³/mol. The number of carbonyl (C=O) groups is 8. The maximum absolute atomic E-state index is 13.9. The van der Waals surface area contributed by atoms with Gasteiger partial charge in [-0.3, -0.25) is 58.3 Å². The molecule has 8 heterocycles. The van der Waals surface area contributed by atoms with E-state index in [4.69, 9.17) is 32.3 Å². The number of ether oxygens (including phenoxy) is 3. The number of likely N-dealkylation sites (N-methyl/N-ethyl adjacent to an activating group) is 2. The number of fused-ring (bicyclic) bond motifs is 4. The predicted octanol–water partition coefficient (Wildman–Crippen LogP) is 4.74. The van der Waals surface area contributed by atoms with Gasteiger partial charge >= 0.3 is 12.1 Å². The fourth-order valence-corrected chi connectivity index (χ4v) is 18.4. The molecule has 2 aromatic heterocycles. The van der Waals surface area contributed by atoms with E-state index in [0.717, 1.165) is 80.0 Å². The van der Waals surface area contributed by atoms with Gasteiger partial charge in [0, 0.05) is 112 Å². The number of hydrogen-bond acceptors (Lipinski definition) is 25. The van der Waals surface area contributed by atoms with Crippen LogP contribution in [0, 0.1) is 11.8 Å². The number of aryl methyl sites for hydroxylation is 2. The third kappa shape index (κ3) is 23.2. The molecule has 0 bridgehead atoms. The van der Waals surface area contributed by atoms with E-state index in [1.807, 2.05) is 133 Å². The van der Waals surface area contributed by atoms with Crippen LogP contribution in [0.2, 0.25) is 0 Å². The molecule has 0 spiro atoms. The molecule has 10 unspecified atom stereocenters. The highest BCUT2D eigenvalue weighted by molar-refractivity contribution is 8.04. The van der Waals surface area contributed by atoms with Crippen molar-refractivity contribution in [3.63, 3.8) is 0 Å². The van der Waals surface area contributed by atoms with Crippen molar-refractivity contribution in [2.24, 2.45) is 25.9 Å². The molecule has 117 heavy (non-hydrogen) atoms. The summed E-state index contributed by atoms with van der Waals surface area (Å²) in [6, 6.07) is 34.5. The molecule has 4 fully saturated rings. The monoisotopic (exact) mass is 1680 g/mol. The minimum absolute atomic E-state index is 0.0909. The Kier molecular flexibility index (Phi) is 29.4. The number of para-hydroxylation sites is 4. The van der Waals surface area contributed by atoms with E-state index in [1.165, 1.54) is 32.1 Å². The molecule has 0 radical (unpaired) electrons.